The van der Waals surface area contributed by atoms with Crippen molar-refractivity contribution in [1.82, 2.24) is 0 Å². The van der Waals surface area contributed by atoms with Crippen molar-refractivity contribution in [2.45, 2.75) is 44.8 Å². The van der Waals surface area contributed by atoms with Crippen LogP contribution in [0, 0.1) is 5.41 Å². The number of nitrogens with one attached hydrogen (secondary N) is 1. The van der Waals surface area contributed by atoms with Gasteiger partial charge in [0.05, 0.1) is 18.8 Å². The van der Waals surface area contributed by atoms with Gasteiger partial charge in [-0.15, -0.1) is 0 Å². The Hall–Kier alpha value is -1.55. The maximum atomic E-state index is 11.4. The monoisotopic (exact) mass is 289 g/mol. The number of carbonyl (C=O) groups is 1. The summed E-state index contributed by atoms with van der Waals surface area (Å²) in [6.45, 7) is 2.87. The van der Waals surface area contributed by atoms with Crippen molar-refractivity contribution in [1.29, 1.82) is 0 Å². The Kier molecular flexibility index (Phi) is 3.89. The molecule has 0 aromatic heterocycles. The minimum atomic E-state index is -0.294. The number of anilines is 1. The lowest BCUT2D eigenvalue weighted by Crippen LogP contribution is -2.64. The van der Waals surface area contributed by atoms with Gasteiger partial charge in [-0.1, -0.05) is 6.42 Å². The first-order chi connectivity index (χ1) is 10.2. The fourth-order valence-corrected chi connectivity index (χ4v) is 3.66. The molecule has 2 aliphatic rings. The number of esters is 1. The van der Waals surface area contributed by atoms with Crippen LogP contribution in [-0.2, 0) is 9.47 Å². The van der Waals surface area contributed by atoms with Gasteiger partial charge in [0.1, 0.15) is 0 Å². The Morgan fingerprint density at radius 2 is 2.05 bits per heavy atom. The average Bonchev–Trinajstić information content (AvgIpc) is 2.44. The van der Waals surface area contributed by atoms with Gasteiger partial charge in [0, 0.05) is 23.8 Å². The minimum Gasteiger partial charge on any atom is -0.465 e. The first kappa shape index (κ1) is 14.4. The van der Waals surface area contributed by atoms with Crippen molar-refractivity contribution >= 4 is 11.7 Å². The average molecular weight is 289 g/mol. The second kappa shape index (κ2) is 5.68. The number of rotatable bonds is 5. The Bertz CT molecular complexity index is 507. The fourth-order valence-electron chi connectivity index (χ4n) is 3.66. The Labute approximate surface area is 125 Å². The molecule has 114 valence electrons. The van der Waals surface area contributed by atoms with Crippen LogP contribution in [0.25, 0.3) is 0 Å². The van der Waals surface area contributed by atoms with E-state index in [-0.39, 0.29) is 5.97 Å². The van der Waals surface area contributed by atoms with E-state index in [1.54, 1.807) is 12.1 Å². The van der Waals surface area contributed by atoms with Gasteiger partial charge in [-0.05, 0) is 50.5 Å². The molecule has 0 bridgehead atoms. The van der Waals surface area contributed by atoms with E-state index in [9.17, 15) is 4.79 Å². The molecule has 0 radical (unpaired) electrons. The summed E-state index contributed by atoms with van der Waals surface area (Å²) in [5.74, 6) is -0.294. The quantitative estimate of drug-likeness (QED) is 0.845. The van der Waals surface area contributed by atoms with Gasteiger partial charge in [-0.3, -0.25) is 0 Å². The highest BCUT2D eigenvalue weighted by Gasteiger charge is 2.58. The molecular weight excluding hydrogens is 266 g/mol. The zero-order valence-electron chi connectivity index (χ0n) is 12.7. The van der Waals surface area contributed by atoms with Crippen LogP contribution >= 0.6 is 0 Å². The molecule has 21 heavy (non-hydrogen) atoms. The maximum Gasteiger partial charge on any atom is 0.337 e. The highest BCUT2D eigenvalue weighted by atomic mass is 16.5. The van der Waals surface area contributed by atoms with Gasteiger partial charge < -0.3 is 14.8 Å². The number of ether oxygens (including phenoxy) is 2. The molecule has 1 spiro atoms. The third-order valence-corrected chi connectivity index (χ3v) is 5.08. The fraction of sp³-hybridized carbons (Fsp3) is 0.588. The standard InChI is InChI=1S/C17H23NO3/c1-3-21-15-11-14(17(15)9-4-10-17)18-13-7-5-12(6-8-13)16(19)20-2/h5-8,14-15,18H,3-4,9-11H2,1-2H3. The second-order valence-electron chi connectivity index (χ2n) is 6.03. The molecule has 2 unspecified atom stereocenters. The van der Waals surface area contributed by atoms with Crippen LogP contribution in [0.1, 0.15) is 43.0 Å². The topological polar surface area (TPSA) is 47.6 Å². The largest absolute Gasteiger partial charge is 0.465 e. The molecule has 1 aromatic rings. The summed E-state index contributed by atoms with van der Waals surface area (Å²) in [4.78, 5) is 11.4. The van der Waals surface area contributed by atoms with Crippen molar-refractivity contribution < 1.29 is 14.3 Å². The van der Waals surface area contributed by atoms with Crippen LogP contribution in [0.4, 0.5) is 5.69 Å². The summed E-state index contributed by atoms with van der Waals surface area (Å²) < 4.78 is 10.6. The number of hydrogen-bond donors (Lipinski definition) is 1. The van der Waals surface area contributed by atoms with Gasteiger partial charge in [0.15, 0.2) is 0 Å². The van der Waals surface area contributed by atoms with Crippen LogP contribution in [0.15, 0.2) is 24.3 Å². The van der Waals surface area contributed by atoms with Crippen molar-refractivity contribution in [2.75, 3.05) is 19.0 Å². The molecule has 1 N–H and O–H groups in total. The third kappa shape index (κ3) is 2.42. The van der Waals surface area contributed by atoms with Gasteiger partial charge in [0.25, 0.3) is 0 Å². The lowest BCUT2D eigenvalue weighted by Gasteiger charge is -2.61. The van der Waals surface area contributed by atoms with Crippen molar-refractivity contribution in [3.8, 4) is 0 Å². The van der Waals surface area contributed by atoms with E-state index >= 15 is 0 Å². The predicted molar refractivity (Wildman–Crippen MR) is 81.5 cm³/mol. The molecule has 2 fully saturated rings. The molecule has 0 aliphatic heterocycles. The SMILES string of the molecule is CCOC1CC(Nc2ccc(C(=O)OC)cc2)C12CCC2. The normalized spacial score (nSPS) is 25.8. The third-order valence-electron chi connectivity index (χ3n) is 5.08. The second-order valence-corrected chi connectivity index (χ2v) is 6.03. The van der Waals surface area contributed by atoms with Crippen LogP contribution in [0.3, 0.4) is 0 Å². The van der Waals surface area contributed by atoms with E-state index in [0.29, 0.717) is 23.1 Å². The minimum absolute atomic E-state index is 0.294. The Morgan fingerprint density at radius 3 is 2.57 bits per heavy atom. The highest BCUT2D eigenvalue weighted by Crippen LogP contribution is 2.58. The van der Waals surface area contributed by atoms with E-state index in [1.807, 2.05) is 12.1 Å². The number of benzene rings is 1. The first-order valence-corrected chi connectivity index (χ1v) is 7.76. The molecule has 0 saturated heterocycles. The van der Waals surface area contributed by atoms with Crippen molar-refractivity contribution in [3.05, 3.63) is 29.8 Å². The van der Waals surface area contributed by atoms with Crippen LogP contribution in [0.5, 0.6) is 0 Å². The molecule has 2 aliphatic carbocycles. The van der Waals surface area contributed by atoms with Crippen LogP contribution in [-0.4, -0.2) is 31.8 Å². The Morgan fingerprint density at radius 1 is 1.33 bits per heavy atom. The smallest absolute Gasteiger partial charge is 0.337 e. The number of hydrogen-bond acceptors (Lipinski definition) is 4. The molecule has 3 rings (SSSR count). The van der Waals surface area contributed by atoms with Crippen molar-refractivity contribution in [3.63, 3.8) is 0 Å². The van der Waals surface area contributed by atoms with Gasteiger partial charge in [-0.2, -0.15) is 0 Å². The van der Waals surface area contributed by atoms with Gasteiger partial charge >= 0.3 is 5.97 Å². The lowest BCUT2D eigenvalue weighted by atomic mass is 9.51. The molecular formula is C17H23NO3. The molecule has 2 atom stereocenters. The summed E-state index contributed by atoms with van der Waals surface area (Å²) in [5.41, 5.74) is 1.99. The molecule has 0 amide bonds. The van der Waals surface area contributed by atoms with Gasteiger partial charge in [0.2, 0.25) is 0 Å². The van der Waals surface area contributed by atoms with Crippen LogP contribution in [0.2, 0.25) is 0 Å². The summed E-state index contributed by atoms with van der Waals surface area (Å²) in [5, 5.41) is 3.61. The van der Waals surface area contributed by atoms with E-state index in [0.717, 1.165) is 18.7 Å². The highest BCUT2D eigenvalue weighted by molar-refractivity contribution is 5.89. The number of methoxy groups -OCH3 is 1. The van der Waals surface area contributed by atoms with E-state index < -0.39 is 0 Å². The summed E-state index contributed by atoms with van der Waals surface area (Å²) in [7, 11) is 1.40. The predicted octanol–water partition coefficient (Wildman–Crippen LogP) is 3.23. The summed E-state index contributed by atoms with van der Waals surface area (Å²) in [6, 6.07) is 8.01. The van der Waals surface area contributed by atoms with Crippen LogP contribution < -0.4 is 5.32 Å². The van der Waals surface area contributed by atoms with E-state index in [4.69, 9.17) is 9.47 Å². The Balaban J connectivity index is 1.63. The number of carbonyl (C=O) groups excluding carboxylic acids is 1. The van der Waals surface area contributed by atoms with E-state index in [1.165, 1.54) is 26.4 Å². The molecule has 4 nitrogen and oxygen atoms in total. The maximum absolute atomic E-state index is 11.4. The molecule has 2 saturated carbocycles. The molecule has 1 aromatic carbocycles. The van der Waals surface area contributed by atoms with Gasteiger partial charge in [-0.25, -0.2) is 4.79 Å². The zero-order chi connectivity index (χ0) is 14.9. The molecule has 4 heteroatoms. The zero-order valence-corrected chi connectivity index (χ0v) is 12.7. The van der Waals surface area contributed by atoms with E-state index in [2.05, 4.69) is 12.2 Å². The lowest BCUT2D eigenvalue weighted by molar-refractivity contribution is -0.157. The summed E-state index contributed by atoms with van der Waals surface area (Å²) in [6.07, 6.45) is 5.32. The first-order valence-electron chi connectivity index (χ1n) is 7.76. The van der Waals surface area contributed by atoms with Crippen molar-refractivity contribution in [2.24, 2.45) is 5.41 Å². The summed E-state index contributed by atoms with van der Waals surface area (Å²) >= 11 is 0. The molecule has 0 heterocycles.